The summed E-state index contributed by atoms with van der Waals surface area (Å²) in [5, 5.41) is 8.64. The number of fused-ring (bicyclic) bond motifs is 1. The molecule has 7 nitrogen and oxygen atoms in total. The van der Waals surface area contributed by atoms with Crippen molar-refractivity contribution < 1.29 is 13.6 Å². The first-order chi connectivity index (χ1) is 18.4. The third kappa shape index (κ3) is 5.12. The molecular weight excluding hydrogens is 486 g/mol. The fourth-order valence-electron chi connectivity index (χ4n) is 5.64. The molecule has 1 aliphatic carbocycles. The molecule has 38 heavy (non-hydrogen) atoms. The standard InChI is InChI=1S/C29H30F2N6O/c30-29(31)19-37(35-29)24-11-7-21(8-12-24)26-18-36(27-6-2-1-5-25(26)27)23-13-9-22(10-14-23)34-28(38)33-17-20-4-3-15-32-16-20/h1-6,9-10,13-16,18,21,24,35H,7-8,11-12,17,19H2,(H2,33,34,38). The monoisotopic (exact) mass is 516 g/mol. The topological polar surface area (TPSA) is 74.2 Å². The van der Waals surface area contributed by atoms with Crippen LogP contribution in [0.15, 0.2) is 79.3 Å². The van der Waals surface area contributed by atoms with Crippen molar-refractivity contribution in [2.45, 2.75) is 50.2 Å². The van der Waals surface area contributed by atoms with Crippen molar-refractivity contribution in [2.75, 3.05) is 11.9 Å². The average molecular weight is 517 g/mol. The second kappa shape index (κ2) is 10.2. The van der Waals surface area contributed by atoms with E-state index in [2.05, 4.69) is 50.0 Å². The zero-order valence-electron chi connectivity index (χ0n) is 20.9. The highest BCUT2D eigenvalue weighted by molar-refractivity contribution is 5.89. The van der Waals surface area contributed by atoms with Crippen LogP contribution < -0.4 is 16.1 Å². The van der Waals surface area contributed by atoms with Crippen molar-refractivity contribution in [1.82, 2.24) is 25.3 Å². The van der Waals surface area contributed by atoms with E-state index in [1.54, 1.807) is 17.4 Å². The summed E-state index contributed by atoms with van der Waals surface area (Å²) in [4.78, 5) is 16.4. The number of alkyl halides is 2. The summed E-state index contributed by atoms with van der Waals surface area (Å²) in [6.45, 7) is 0.206. The molecule has 3 heterocycles. The van der Waals surface area contributed by atoms with Crippen LogP contribution in [-0.4, -0.2) is 39.2 Å². The number of nitrogens with one attached hydrogen (secondary N) is 3. The molecule has 6 rings (SSSR count). The van der Waals surface area contributed by atoms with Gasteiger partial charge in [0, 0.05) is 47.9 Å². The number of hydrogen-bond acceptors (Lipinski definition) is 4. The highest BCUT2D eigenvalue weighted by atomic mass is 19.3. The fourth-order valence-corrected chi connectivity index (χ4v) is 5.64. The molecule has 2 aromatic heterocycles. The summed E-state index contributed by atoms with van der Waals surface area (Å²) in [5.41, 5.74) is 7.37. The Labute approximate surface area is 219 Å². The number of benzene rings is 2. The maximum Gasteiger partial charge on any atom is 0.328 e. The van der Waals surface area contributed by atoms with E-state index in [1.165, 1.54) is 10.9 Å². The second-order valence-electron chi connectivity index (χ2n) is 10.1. The number of urea groups is 1. The Kier molecular flexibility index (Phi) is 6.55. The fraction of sp³-hybridized carbons (Fsp3) is 0.310. The Balaban J connectivity index is 1.13. The van der Waals surface area contributed by atoms with E-state index in [4.69, 9.17) is 0 Å². The number of amides is 2. The van der Waals surface area contributed by atoms with Crippen molar-refractivity contribution in [3.05, 3.63) is 90.4 Å². The van der Waals surface area contributed by atoms with Crippen LogP contribution in [0.2, 0.25) is 0 Å². The summed E-state index contributed by atoms with van der Waals surface area (Å²) in [6, 6.07) is 17.1. The van der Waals surface area contributed by atoms with E-state index in [-0.39, 0.29) is 18.6 Å². The van der Waals surface area contributed by atoms with Gasteiger partial charge in [-0.1, -0.05) is 24.3 Å². The van der Waals surface area contributed by atoms with Gasteiger partial charge in [-0.25, -0.2) is 9.80 Å². The molecular formula is C29H30F2N6O. The van der Waals surface area contributed by atoms with Gasteiger partial charge < -0.3 is 15.2 Å². The second-order valence-corrected chi connectivity index (χ2v) is 10.1. The van der Waals surface area contributed by atoms with Crippen LogP contribution in [0, 0.1) is 0 Å². The maximum absolute atomic E-state index is 13.2. The Morgan fingerprint density at radius 2 is 1.79 bits per heavy atom. The van der Waals surface area contributed by atoms with Gasteiger partial charge in [-0.2, -0.15) is 14.2 Å². The number of anilines is 1. The Morgan fingerprint density at radius 3 is 2.50 bits per heavy atom. The van der Waals surface area contributed by atoms with Crippen molar-refractivity contribution in [3.8, 4) is 5.69 Å². The van der Waals surface area contributed by atoms with Crippen LogP contribution in [0.1, 0.15) is 42.7 Å². The minimum Gasteiger partial charge on any atom is -0.334 e. The Morgan fingerprint density at radius 1 is 1.03 bits per heavy atom. The lowest BCUT2D eigenvalue weighted by Crippen LogP contribution is -2.70. The zero-order valence-corrected chi connectivity index (χ0v) is 20.9. The summed E-state index contributed by atoms with van der Waals surface area (Å²) in [7, 11) is 0. The number of hydrazine groups is 1. The van der Waals surface area contributed by atoms with Crippen LogP contribution in [0.25, 0.3) is 16.6 Å². The van der Waals surface area contributed by atoms with Gasteiger partial charge >= 0.3 is 12.1 Å². The van der Waals surface area contributed by atoms with E-state index < -0.39 is 6.05 Å². The molecule has 0 atom stereocenters. The smallest absolute Gasteiger partial charge is 0.328 e. The van der Waals surface area contributed by atoms with Crippen molar-refractivity contribution in [3.63, 3.8) is 0 Å². The average Bonchev–Trinajstić information content (AvgIpc) is 3.31. The van der Waals surface area contributed by atoms with E-state index in [1.807, 2.05) is 42.5 Å². The number of carbonyl (C=O) groups is 1. The lowest BCUT2D eigenvalue weighted by atomic mass is 9.81. The Bertz CT molecular complexity index is 1410. The molecule has 0 bridgehead atoms. The summed E-state index contributed by atoms with van der Waals surface area (Å²) in [6.07, 6.45) is 9.38. The molecule has 0 radical (unpaired) electrons. The number of aromatic nitrogens is 2. The lowest BCUT2D eigenvalue weighted by Gasteiger charge is -2.46. The zero-order chi connectivity index (χ0) is 26.1. The third-order valence-electron chi connectivity index (χ3n) is 7.58. The van der Waals surface area contributed by atoms with Crippen LogP contribution in [0.5, 0.6) is 0 Å². The van der Waals surface area contributed by atoms with Gasteiger partial charge in [0.25, 0.3) is 0 Å². The quantitative estimate of drug-likeness (QED) is 0.284. The number of hydrogen-bond donors (Lipinski definition) is 3. The molecule has 1 aliphatic heterocycles. The number of halogens is 2. The largest absolute Gasteiger partial charge is 0.334 e. The van der Waals surface area contributed by atoms with Gasteiger partial charge in [0.15, 0.2) is 0 Å². The minimum absolute atomic E-state index is 0.167. The van der Waals surface area contributed by atoms with E-state index >= 15 is 0 Å². The molecule has 0 spiro atoms. The van der Waals surface area contributed by atoms with E-state index in [9.17, 15) is 13.6 Å². The number of para-hydroxylation sites is 1. The van der Waals surface area contributed by atoms with Gasteiger partial charge in [0.1, 0.15) is 0 Å². The highest BCUT2D eigenvalue weighted by Crippen LogP contribution is 2.40. The first-order valence-corrected chi connectivity index (χ1v) is 13.0. The number of rotatable bonds is 6. The molecule has 196 valence electrons. The van der Waals surface area contributed by atoms with Gasteiger partial charge in [-0.15, -0.1) is 0 Å². The van der Waals surface area contributed by atoms with Gasteiger partial charge in [-0.05, 0) is 79.1 Å². The van der Waals surface area contributed by atoms with Crippen LogP contribution in [-0.2, 0) is 6.54 Å². The van der Waals surface area contributed by atoms with Crippen molar-refractivity contribution in [1.29, 1.82) is 0 Å². The van der Waals surface area contributed by atoms with Crippen molar-refractivity contribution >= 4 is 22.6 Å². The normalized spacial score (nSPS) is 21.1. The minimum atomic E-state index is -2.75. The molecule has 4 aromatic rings. The van der Waals surface area contributed by atoms with Crippen LogP contribution in [0.4, 0.5) is 19.3 Å². The molecule has 0 unspecified atom stereocenters. The van der Waals surface area contributed by atoms with Crippen LogP contribution >= 0.6 is 0 Å². The summed E-state index contributed by atoms with van der Waals surface area (Å²) < 4.78 is 28.7. The predicted molar refractivity (Wildman–Crippen MR) is 143 cm³/mol. The molecule has 2 amide bonds. The molecule has 1 saturated carbocycles. The molecule has 1 saturated heterocycles. The van der Waals surface area contributed by atoms with Gasteiger partial charge in [0.2, 0.25) is 0 Å². The molecule has 3 N–H and O–H groups in total. The first kappa shape index (κ1) is 24.5. The molecule has 9 heteroatoms. The third-order valence-corrected chi connectivity index (χ3v) is 7.58. The summed E-state index contributed by atoms with van der Waals surface area (Å²) >= 11 is 0. The van der Waals surface area contributed by atoms with E-state index in [0.29, 0.717) is 18.2 Å². The van der Waals surface area contributed by atoms with E-state index in [0.717, 1.165) is 42.5 Å². The maximum atomic E-state index is 13.2. The first-order valence-electron chi connectivity index (χ1n) is 13.0. The van der Waals surface area contributed by atoms with Crippen LogP contribution in [0.3, 0.4) is 0 Å². The number of carbonyl (C=O) groups excluding carboxylic acids is 1. The van der Waals surface area contributed by atoms with Crippen molar-refractivity contribution in [2.24, 2.45) is 0 Å². The molecule has 2 fully saturated rings. The number of pyridine rings is 1. The molecule has 2 aromatic carbocycles. The SMILES string of the molecule is O=C(NCc1cccnc1)Nc1ccc(-n2cc(C3CCC(N4CC(F)(F)N4)CC3)c3ccccc32)cc1. The number of nitrogens with zero attached hydrogens (tertiary/aromatic N) is 3. The summed E-state index contributed by atoms with van der Waals surface area (Å²) in [5.74, 6) is 0.392. The van der Waals surface area contributed by atoms with Gasteiger partial charge in [0.05, 0.1) is 12.1 Å². The molecule has 2 aliphatic rings. The predicted octanol–water partition coefficient (Wildman–Crippen LogP) is 5.79. The highest BCUT2D eigenvalue weighted by Gasteiger charge is 2.46. The Hall–Kier alpha value is -3.82. The lowest BCUT2D eigenvalue weighted by molar-refractivity contribution is -0.220. The van der Waals surface area contributed by atoms with Gasteiger partial charge in [-0.3, -0.25) is 4.98 Å².